The number of ether oxygens (including phenoxy) is 1. The molecule has 0 aromatic heterocycles. The van der Waals surface area contributed by atoms with Crippen LogP contribution in [0.2, 0.25) is 0 Å². The Hall–Kier alpha value is -2.71. The van der Waals surface area contributed by atoms with E-state index in [4.69, 9.17) is 9.84 Å². The fourth-order valence-electron chi connectivity index (χ4n) is 3.84. The number of allylic oxidation sites excluding steroid dienone is 4. The van der Waals surface area contributed by atoms with Crippen molar-refractivity contribution in [1.82, 2.24) is 15.5 Å². The van der Waals surface area contributed by atoms with Gasteiger partial charge < -0.3 is 20.5 Å². The topological polar surface area (TPSA) is 86.2 Å². The van der Waals surface area contributed by atoms with Gasteiger partial charge in [0.25, 0.3) is 0 Å². The van der Waals surface area contributed by atoms with Crippen molar-refractivity contribution in [2.45, 2.75) is 52.0 Å². The van der Waals surface area contributed by atoms with Crippen molar-refractivity contribution in [2.24, 2.45) is 10.9 Å². The molecule has 7 nitrogen and oxygen atoms in total. The number of halogens is 1. The fourth-order valence-corrected chi connectivity index (χ4v) is 3.84. The maximum absolute atomic E-state index is 13.4. The molecule has 0 radical (unpaired) electrons. The van der Waals surface area contributed by atoms with E-state index < -0.39 is 12.4 Å². The second-order valence-electron chi connectivity index (χ2n) is 8.30. The van der Waals surface area contributed by atoms with E-state index in [1.165, 1.54) is 17.7 Å². The van der Waals surface area contributed by atoms with Crippen LogP contribution in [-0.4, -0.2) is 54.3 Å². The van der Waals surface area contributed by atoms with E-state index in [9.17, 15) is 9.18 Å². The SMILES string of the molecule is CN=C1NC(OC2=CC(C(C)C)=CCC2)N(Cc2ccc(F)cc2)C1C(=O)NCCCO. The lowest BCUT2D eigenvalue weighted by Crippen LogP contribution is -2.48. The number of carbonyl (C=O) groups excluding carboxylic acids is 1. The lowest BCUT2D eigenvalue weighted by molar-refractivity contribution is -0.127. The molecule has 3 rings (SSSR count). The van der Waals surface area contributed by atoms with Gasteiger partial charge in [0.1, 0.15) is 17.4 Å². The van der Waals surface area contributed by atoms with Crippen molar-refractivity contribution in [1.29, 1.82) is 0 Å². The van der Waals surface area contributed by atoms with E-state index in [0.29, 0.717) is 31.3 Å². The molecule has 1 amide bonds. The molecule has 1 aliphatic carbocycles. The third-order valence-electron chi connectivity index (χ3n) is 5.59. The number of amidine groups is 1. The van der Waals surface area contributed by atoms with Crippen LogP contribution in [0.4, 0.5) is 4.39 Å². The summed E-state index contributed by atoms with van der Waals surface area (Å²) in [5.74, 6) is 1.23. The third-order valence-corrected chi connectivity index (χ3v) is 5.59. The molecule has 174 valence electrons. The summed E-state index contributed by atoms with van der Waals surface area (Å²) >= 11 is 0. The van der Waals surface area contributed by atoms with Gasteiger partial charge in [0.05, 0.1) is 0 Å². The zero-order chi connectivity index (χ0) is 23.1. The minimum Gasteiger partial charge on any atom is -0.461 e. The first-order valence-electron chi connectivity index (χ1n) is 11.1. The van der Waals surface area contributed by atoms with Crippen LogP contribution in [0.3, 0.4) is 0 Å². The van der Waals surface area contributed by atoms with Crippen LogP contribution in [0.15, 0.2) is 52.7 Å². The molecule has 1 aliphatic heterocycles. The molecule has 1 heterocycles. The van der Waals surface area contributed by atoms with E-state index in [1.54, 1.807) is 19.2 Å². The number of amides is 1. The standard InChI is InChI=1S/C24H33FN4O3/c1-16(2)18-6-4-7-20(14-18)32-24-28-22(26-3)21(23(31)27-12-5-13-30)29(24)15-17-8-10-19(25)11-9-17/h6,8-11,14,16,21,24,30H,4-5,7,12-13,15H2,1-3H3,(H,26,28)(H,27,31). The number of hydrogen-bond donors (Lipinski definition) is 3. The van der Waals surface area contributed by atoms with Crippen LogP contribution in [0.1, 0.15) is 38.7 Å². The van der Waals surface area contributed by atoms with Gasteiger partial charge in [-0.15, -0.1) is 0 Å². The number of hydrogen-bond acceptors (Lipinski definition) is 5. The number of aliphatic hydroxyl groups is 1. The average molecular weight is 445 g/mol. The summed E-state index contributed by atoms with van der Waals surface area (Å²) in [5, 5.41) is 15.1. The molecule has 1 fully saturated rings. The van der Waals surface area contributed by atoms with Crippen LogP contribution in [0.5, 0.6) is 0 Å². The first-order chi connectivity index (χ1) is 15.4. The summed E-state index contributed by atoms with van der Waals surface area (Å²) in [6.07, 6.45) is 5.87. The van der Waals surface area contributed by atoms with Gasteiger partial charge in [-0.2, -0.15) is 0 Å². The van der Waals surface area contributed by atoms with Crippen LogP contribution < -0.4 is 10.6 Å². The molecule has 1 aromatic rings. The Morgan fingerprint density at radius 3 is 2.78 bits per heavy atom. The predicted molar refractivity (Wildman–Crippen MR) is 122 cm³/mol. The maximum atomic E-state index is 13.4. The van der Waals surface area contributed by atoms with Crippen molar-refractivity contribution < 1.29 is 19.0 Å². The molecule has 2 aliphatic rings. The van der Waals surface area contributed by atoms with Gasteiger partial charge in [-0.1, -0.05) is 32.1 Å². The monoisotopic (exact) mass is 444 g/mol. The second kappa shape index (κ2) is 11.2. The van der Waals surface area contributed by atoms with Gasteiger partial charge in [-0.3, -0.25) is 9.79 Å². The quantitative estimate of drug-likeness (QED) is 0.510. The summed E-state index contributed by atoms with van der Waals surface area (Å²) < 4.78 is 19.8. The smallest absolute Gasteiger partial charge is 0.245 e. The molecule has 8 heteroatoms. The number of rotatable bonds is 9. The zero-order valence-electron chi connectivity index (χ0n) is 19.0. The van der Waals surface area contributed by atoms with Crippen LogP contribution >= 0.6 is 0 Å². The van der Waals surface area contributed by atoms with E-state index >= 15 is 0 Å². The third kappa shape index (κ3) is 5.95. The molecule has 0 spiro atoms. The number of nitrogens with zero attached hydrogens (tertiary/aromatic N) is 2. The van der Waals surface area contributed by atoms with Gasteiger partial charge in [0.2, 0.25) is 12.3 Å². The molecule has 0 saturated carbocycles. The van der Waals surface area contributed by atoms with Crippen LogP contribution in [0.25, 0.3) is 0 Å². The fraction of sp³-hybridized carbons (Fsp3) is 0.500. The van der Waals surface area contributed by atoms with Gasteiger partial charge in [-0.25, -0.2) is 9.29 Å². The molecular weight excluding hydrogens is 411 g/mol. The molecule has 2 atom stereocenters. The van der Waals surface area contributed by atoms with Crippen LogP contribution in [-0.2, 0) is 16.1 Å². The lowest BCUT2D eigenvalue weighted by Gasteiger charge is -2.29. The largest absolute Gasteiger partial charge is 0.461 e. The molecule has 2 unspecified atom stereocenters. The van der Waals surface area contributed by atoms with Crippen molar-refractivity contribution >= 4 is 11.7 Å². The number of benzene rings is 1. The molecule has 3 N–H and O–H groups in total. The Labute approximate surface area is 189 Å². The van der Waals surface area contributed by atoms with Crippen molar-refractivity contribution in [2.75, 3.05) is 20.2 Å². The van der Waals surface area contributed by atoms with Crippen molar-refractivity contribution in [3.63, 3.8) is 0 Å². The second-order valence-corrected chi connectivity index (χ2v) is 8.30. The summed E-state index contributed by atoms with van der Waals surface area (Å²) in [6.45, 7) is 5.04. The highest BCUT2D eigenvalue weighted by Crippen LogP contribution is 2.27. The highest BCUT2D eigenvalue weighted by Gasteiger charge is 2.44. The molecule has 0 bridgehead atoms. The normalized spacial score (nSPS) is 22.5. The highest BCUT2D eigenvalue weighted by molar-refractivity contribution is 6.08. The Bertz CT molecular complexity index is 880. The molecule has 1 aromatic carbocycles. The molecule has 32 heavy (non-hydrogen) atoms. The maximum Gasteiger partial charge on any atom is 0.245 e. The van der Waals surface area contributed by atoms with Gasteiger partial charge in [0, 0.05) is 33.2 Å². The predicted octanol–water partition coefficient (Wildman–Crippen LogP) is 2.69. The first kappa shape index (κ1) is 23.9. The summed E-state index contributed by atoms with van der Waals surface area (Å²) in [6, 6.07) is 5.53. The Morgan fingerprint density at radius 2 is 2.12 bits per heavy atom. The Balaban J connectivity index is 1.85. The first-order valence-corrected chi connectivity index (χ1v) is 11.1. The minimum absolute atomic E-state index is 0.00279. The van der Waals surface area contributed by atoms with Gasteiger partial charge >= 0.3 is 0 Å². The van der Waals surface area contributed by atoms with Crippen LogP contribution in [0, 0.1) is 11.7 Å². The van der Waals surface area contributed by atoms with Gasteiger partial charge in [-0.05, 0) is 48.1 Å². The molecule has 1 saturated heterocycles. The highest BCUT2D eigenvalue weighted by atomic mass is 19.1. The molecular formula is C24H33FN4O3. The lowest BCUT2D eigenvalue weighted by atomic mass is 9.96. The average Bonchev–Trinajstić information content (AvgIpc) is 3.12. The van der Waals surface area contributed by atoms with E-state index in [1.807, 2.05) is 4.90 Å². The Morgan fingerprint density at radius 1 is 1.38 bits per heavy atom. The van der Waals surface area contributed by atoms with E-state index in [-0.39, 0.29) is 18.3 Å². The number of nitrogens with one attached hydrogen (secondary N) is 2. The van der Waals surface area contributed by atoms with Gasteiger partial charge in [0.15, 0.2) is 6.04 Å². The van der Waals surface area contributed by atoms with E-state index in [2.05, 4.69) is 41.6 Å². The van der Waals surface area contributed by atoms with Crippen molar-refractivity contribution in [3.8, 4) is 0 Å². The van der Waals surface area contributed by atoms with Crippen molar-refractivity contribution in [3.05, 3.63) is 59.1 Å². The number of aliphatic imine (C=N–C) groups is 1. The summed E-state index contributed by atoms with van der Waals surface area (Å²) in [4.78, 5) is 19.2. The Kier molecular flexibility index (Phi) is 8.41. The zero-order valence-corrected chi connectivity index (χ0v) is 19.0. The number of carbonyl (C=O) groups is 1. The summed E-state index contributed by atoms with van der Waals surface area (Å²) in [7, 11) is 1.63. The number of aliphatic hydroxyl groups excluding tert-OH is 1. The minimum atomic E-state index is -0.682. The van der Waals surface area contributed by atoms with E-state index in [0.717, 1.165) is 24.2 Å². The summed E-state index contributed by atoms with van der Waals surface area (Å²) in [5.41, 5.74) is 2.09.